The van der Waals surface area contributed by atoms with Crippen LogP contribution in [0, 0.1) is 13.8 Å². The Morgan fingerprint density at radius 1 is 0.800 bits per heavy atom. The van der Waals surface area contributed by atoms with Gasteiger partial charge in [-0.3, -0.25) is 19.2 Å². The number of hydrogen-bond donors (Lipinski definition) is 3. The zero-order valence-electron chi connectivity index (χ0n) is 17.2. The summed E-state index contributed by atoms with van der Waals surface area (Å²) in [7, 11) is 0. The molecule has 0 aliphatic rings. The predicted molar refractivity (Wildman–Crippen MR) is 114 cm³/mol. The van der Waals surface area contributed by atoms with Crippen LogP contribution in [0.2, 0.25) is 0 Å². The van der Waals surface area contributed by atoms with Crippen molar-refractivity contribution < 1.29 is 23.9 Å². The number of rotatable bonds is 8. The Kier molecular flexibility index (Phi) is 8.10. The quantitative estimate of drug-likeness (QED) is 0.578. The minimum Gasteiger partial charge on any atom is -0.456 e. The van der Waals surface area contributed by atoms with Gasteiger partial charge in [-0.25, -0.2) is 0 Å². The summed E-state index contributed by atoms with van der Waals surface area (Å²) in [4.78, 5) is 46.7. The lowest BCUT2D eigenvalue weighted by Gasteiger charge is -2.09. The molecule has 0 atom stereocenters. The first kappa shape index (κ1) is 22.6. The van der Waals surface area contributed by atoms with Gasteiger partial charge in [0.15, 0.2) is 6.61 Å². The number of carbonyl (C=O) groups is 4. The highest BCUT2D eigenvalue weighted by atomic mass is 16.5. The van der Waals surface area contributed by atoms with Crippen molar-refractivity contribution >= 4 is 40.8 Å². The van der Waals surface area contributed by atoms with Gasteiger partial charge in [-0.2, -0.15) is 0 Å². The molecule has 2 aromatic rings. The van der Waals surface area contributed by atoms with E-state index in [1.165, 1.54) is 6.92 Å². The van der Waals surface area contributed by atoms with Gasteiger partial charge in [-0.05, 0) is 49.7 Å². The molecule has 3 amide bonds. The van der Waals surface area contributed by atoms with Crippen LogP contribution in [0.5, 0.6) is 0 Å². The molecule has 8 nitrogen and oxygen atoms in total. The highest BCUT2D eigenvalue weighted by Gasteiger charge is 2.12. The number of amides is 3. The van der Waals surface area contributed by atoms with E-state index in [1.54, 1.807) is 24.3 Å². The first-order chi connectivity index (χ1) is 14.2. The monoisotopic (exact) mass is 411 g/mol. The third-order valence-corrected chi connectivity index (χ3v) is 4.07. The van der Waals surface area contributed by atoms with Gasteiger partial charge in [0.05, 0.1) is 6.42 Å². The first-order valence-corrected chi connectivity index (χ1v) is 9.43. The standard InChI is InChI=1S/C22H25N3O5/c1-14-4-9-19(15(2)12-14)25-20(27)10-11-22(29)30-13-21(28)24-18-7-5-17(6-8-18)23-16(3)26/h4-9,12H,10-11,13H2,1-3H3,(H,23,26)(H,24,28)(H,25,27). The topological polar surface area (TPSA) is 114 Å². The van der Waals surface area contributed by atoms with Crippen molar-refractivity contribution in [1.82, 2.24) is 0 Å². The average Bonchev–Trinajstić information content (AvgIpc) is 2.68. The summed E-state index contributed by atoms with van der Waals surface area (Å²) in [5, 5.41) is 7.95. The van der Waals surface area contributed by atoms with Crippen LogP contribution in [0.25, 0.3) is 0 Å². The van der Waals surface area contributed by atoms with Crippen molar-refractivity contribution in [2.75, 3.05) is 22.6 Å². The molecule has 0 unspecified atom stereocenters. The number of esters is 1. The molecule has 0 aliphatic carbocycles. The fourth-order valence-corrected chi connectivity index (χ4v) is 2.64. The Bertz CT molecular complexity index is 938. The Labute approximate surface area is 175 Å². The van der Waals surface area contributed by atoms with Crippen molar-refractivity contribution in [3.8, 4) is 0 Å². The van der Waals surface area contributed by atoms with Gasteiger partial charge in [0.2, 0.25) is 11.8 Å². The van der Waals surface area contributed by atoms with Gasteiger partial charge >= 0.3 is 5.97 Å². The van der Waals surface area contributed by atoms with E-state index in [0.717, 1.165) is 11.1 Å². The van der Waals surface area contributed by atoms with E-state index in [4.69, 9.17) is 4.74 Å². The molecule has 0 saturated carbocycles. The Hall–Kier alpha value is -3.68. The van der Waals surface area contributed by atoms with Crippen LogP contribution in [0.4, 0.5) is 17.1 Å². The third-order valence-electron chi connectivity index (χ3n) is 4.07. The van der Waals surface area contributed by atoms with Crippen LogP contribution in [0.1, 0.15) is 30.9 Å². The Morgan fingerprint density at radius 2 is 1.43 bits per heavy atom. The molecule has 0 fully saturated rings. The highest BCUT2D eigenvalue weighted by molar-refractivity contribution is 5.95. The van der Waals surface area contributed by atoms with E-state index < -0.39 is 18.5 Å². The molecule has 0 bridgehead atoms. The van der Waals surface area contributed by atoms with Gasteiger partial charge in [0.1, 0.15) is 0 Å². The molecule has 8 heteroatoms. The van der Waals surface area contributed by atoms with Crippen molar-refractivity contribution in [2.24, 2.45) is 0 Å². The van der Waals surface area contributed by atoms with Crippen molar-refractivity contribution in [3.63, 3.8) is 0 Å². The number of ether oxygens (including phenoxy) is 1. The zero-order valence-corrected chi connectivity index (χ0v) is 17.2. The number of carbonyl (C=O) groups excluding carboxylic acids is 4. The maximum absolute atomic E-state index is 12.0. The summed E-state index contributed by atoms with van der Waals surface area (Å²) in [5.41, 5.74) is 3.83. The Morgan fingerprint density at radius 3 is 2.03 bits per heavy atom. The van der Waals surface area contributed by atoms with Crippen LogP contribution >= 0.6 is 0 Å². The molecule has 2 aromatic carbocycles. The van der Waals surface area contributed by atoms with Crippen molar-refractivity contribution in [3.05, 3.63) is 53.6 Å². The number of nitrogens with one attached hydrogen (secondary N) is 3. The molecule has 0 aromatic heterocycles. The lowest BCUT2D eigenvalue weighted by Crippen LogP contribution is -2.22. The molecule has 0 radical (unpaired) electrons. The molecule has 0 spiro atoms. The largest absolute Gasteiger partial charge is 0.456 e. The van der Waals surface area contributed by atoms with E-state index in [-0.39, 0.29) is 24.7 Å². The number of anilines is 3. The highest BCUT2D eigenvalue weighted by Crippen LogP contribution is 2.16. The van der Waals surface area contributed by atoms with Gasteiger partial charge in [0, 0.05) is 30.4 Å². The van der Waals surface area contributed by atoms with Crippen LogP contribution in [-0.2, 0) is 23.9 Å². The molecule has 158 valence electrons. The zero-order chi connectivity index (χ0) is 22.1. The molecular formula is C22H25N3O5. The molecule has 2 rings (SSSR count). The van der Waals surface area contributed by atoms with Gasteiger partial charge < -0.3 is 20.7 Å². The number of benzene rings is 2. The normalized spacial score (nSPS) is 10.1. The van der Waals surface area contributed by atoms with Gasteiger partial charge in [0.25, 0.3) is 5.91 Å². The second-order valence-electron chi connectivity index (χ2n) is 6.83. The van der Waals surface area contributed by atoms with Crippen LogP contribution in [-0.4, -0.2) is 30.3 Å². The lowest BCUT2D eigenvalue weighted by molar-refractivity contribution is -0.147. The van der Waals surface area contributed by atoms with E-state index in [1.807, 2.05) is 32.0 Å². The number of aryl methyl sites for hydroxylation is 2. The van der Waals surface area contributed by atoms with Crippen LogP contribution in [0.3, 0.4) is 0 Å². The van der Waals surface area contributed by atoms with E-state index in [9.17, 15) is 19.2 Å². The second-order valence-corrected chi connectivity index (χ2v) is 6.83. The lowest BCUT2D eigenvalue weighted by atomic mass is 10.1. The summed E-state index contributed by atoms with van der Waals surface area (Å²) < 4.78 is 4.90. The number of hydrogen-bond acceptors (Lipinski definition) is 5. The fraction of sp³-hybridized carbons (Fsp3) is 0.273. The van der Waals surface area contributed by atoms with E-state index in [2.05, 4.69) is 16.0 Å². The fourth-order valence-electron chi connectivity index (χ4n) is 2.64. The summed E-state index contributed by atoms with van der Waals surface area (Å²) >= 11 is 0. The SMILES string of the molecule is CC(=O)Nc1ccc(NC(=O)COC(=O)CCC(=O)Nc2ccc(C)cc2C)cc1. The molecule has 0 aliphatic heterocycles. The summed E-state index contributed by atoms with van der Waals surface area (Å²) in [6.45, 7) is 4.80. The Balaban J connectivity index is 1.70. The van der Waals surface area contributed by atoms with Crippen LogP contribution < -0.4 is 16.0 Å². The van der Waals surface area contributed by atoms with E-state index in [0.29, 0.717) is 17.1 Å². The van der Waals surface area contributed by atoms with Gasteiger partial charge in [-0.1, -0.05) is 17.7 Å². The predicted octanol–water partition coefficient (Wildman–Crippen LogP) is 3.16. The minimum absolute atomic E-state index is 0.0433. The van der Waals surface area contributed by atoms with Crippen LogP contribution in [0.15, 0.2) is 42.5 Å². The summed E-state index contributed by atoms with van der Waals surface area (Å²) in [5.74, 6) is -1.64. The molecule has 30 heavy (non-hydrogen) atoms. The average molecular weight is 411 g/mol. The van der Waals surface area contributed by atoms with Crippen molar-refractivity contribution in [2.45, 2.75) is 33.6 Å². The van der Waals surface area contributed by atoms with E-state index >= 15 is 0 Å². The van der Waals surface area contributed by atoms with Gasteiger partial charge in [-0.15, -0.1) is 0 Å². The third kappa shape index (κ3) is 7.75. The smallest absolute Gasteiger partial charge is 0.306 e. The molecular weight excluding hydrogens is 386 g/mol. The molecule has 3 N–H and O–H groups in total. The molecule has 0 saturated heterocycles. The summed E-state index contributed by atoms with van der Waals surface area (Å²) in [6, 6.07) is 12.2. The van der Waals surface area contributed by atoms with Crippen molar-refractivity contribution in [1.29, 1.82) is 0 Å². The first-order valence-electron chi connectivity index (χ1n) is 9.43. The minimum atomic E-state index is -0.637. The summed E-state index contributed by atoms with van der Waals surface area (Å²) in [6.07, 6.45) is -0.173. The molecule has 0 heterocycles. The second kappa shape index (κ2) is 10.8. The maximum Gasteiger partial charge on any atom is 0.306 e. The maximum atomic E-state index is 12.0.